The van der Waals surface area contributed by atoms with Gasteiger partial charge in [-0.3, -0.25) is 4.79 Å². The van der Waals surface area contributed by atoms with Crippen molar-refractivity contribution in [2.75, 3.05) is 12.0 Å². The van der Waals surface area contributed by atoms with Crippen LogP contribution in [0.25, 0.3) is 0 Å². The molecule has 0 bridgehead atoms. The van der Waals surface area contributed by atoms with Gasteiger partial charge < -0.3 is 9.64 Å². The van der Waals surface area contributed by atoms with Crippen LogP contribution in [0.15, 0.2) is 90.4 Å². The number of hydrogen-bond acceptors (Lipinski definition) is 4. The molecule has 0 aliphatic heterocycles. The number of anilines is 1. The highest BCUT2D eigenvalue weighted by molar-refractivity contribution is 7.84. The van der Waals surface area contributed by atoms with E-state index >= 15 is 0 Å². The minimum atomic E-state index is -0.818. The number of unbranched alkanes of at least 4 members (excludes halogenated alkanes) is 1. The lowest BCUT2D eigenvalue weighted by Crippen LogP contribution is -2.30. The van der Waals surface area contributed by atoms with Gasteiger partial charge in [-0.15, -0.1) is 12.6 Å². The van der Waals surface area contributed by atoms with E-state index in [1.807, 2.05) is 36.4 Å². The molecule has 0 aliphatic carbocycles. The number of benzene rings is 3. The van der Waals surface area contributed by atoms with Crippen LogP contribution < -0.4 is 4.90 Å². The third-order valence-electron chi connectivity index (χ3n) is 6.03. The summed E-state index contributed by atoms with van der Waals surface area (Å²) < 4.78 is 19.0. The molecule has 0 saturated heterocycles. The average Bonchev–Trinajstić information content (AvgIpc) is 2.95. The topological polar surface area (TPSA) is 46.6 Å². The smallest absolute Gasteiger partial charge is 0.340 e. The molecular weight excluding hydrogens is 509 g/mol. The van der Waals surface area contributed by atoms with Crippen molar-refractivity contribution >= 4 is 30.2 Å². The largest absolute Gasteiger partial charge is 0.465 e. The molecule has 0 atom stereocenters. The number of esters is 1. The number of amides is 1. The van der Waals surface area contributed by atoms with Gasteiger partial charge in [0.25, 0.3) is 0 Å². The minimum Gasteiger partial charge on any atom is -0.465 e. The summed E-state index contributed by atoms with van der Waals surface area (Å²) in [5.74, 6) is 4.56. The lowest BCUT2D eigenvalue weighted by molar-refractivity contribution is -0.118. The summed E-state index contributed by atoms with van der Waals surface area (Å²) in [7, 11) is 1.18. The number of halogens is 1. The molecule has 1 amide bonds. The van der Waals surface area contributed by atoms with E-state index in [0.29, 0.717) is 10.6 Å². The zero-order valence-electron chi connectivity index (χ0n) is 22.2. The van der Waals surface area contributed by atoms with Crippen molar-refractivity contribution in [3.8, 4) is 11.8 Å². The zero-order valence-corrected chi connectivity index (χ0v) is 23.1. The number of nitrogens with zero attached hydrogens (tertiary/aromatic N) is 1. The van der Waals surface area contributed by atoms with Crippen molar-refractivity contribution in [1.29, 1.82) is 0 Å². The Labute approximate surface area is 235 Å². The highest BCUT2D eigenvalue weighted by atomic mass is 32.1. The predicted octanol–water partition coefficient (Wildman–Crippen LogP) is 7.28. The second kappa shape index (κ2) is 14.8. The predicted molar refractivity (Wildman–Crippen MR) is 158 cm³/mol. The number of rotatable bonds is 10. The highest BCUT2D eigenvalue weighted by Gasteiger charge is 2.21. The molecule has 0 heterocycles. The van der Waals surface area contributed by atoms with E-state index in [2.05, 4.69) is 54.8 Å². The number of thiol groups is 1. The van der Waals surface area contributed by atoms with Gasteiger partial charge in [0.05, 0.1) is 25.6 Å². The molecule has 6 heteroatoms. The summed E-state index contributed by atoms with van der Waals surface area (Å²) in [5, 5.41) is 0. The summed E-state index contributed by atoms with van der Waals surface area (Å²) in [5.41, 5.74) is 4.07. The molecular formula is C33H32FNO3S. The molecule has 0 aliphatic rings. The standard InChI is InChI=1S/C33H32FNO3S/c1-4-6-8-24-9-11-25(12-10-24)13-14-26-15-17-27(18-16-26)23-35(32(36)22-29(39)7-5-2)28-19-20-31(34)30(21-28)33(37)38-3/h5,7,9-12,15-21,39H,2,4,6,8,22-23H2,1,3H3/b29-7-. The maximum absolute atomic E-state index is 14.3. The Bertz CT molecular complexity index is 1400. The monoisotopic (exact) mass is 541 g/mol. The highest BCUT2D eigenvalue weighted by Crippen LogP contribution is 2.24. The van der Waals surface area contributed by atoms with E-state index in [1.165, 1.54) is 42.5 Å². The van der Waals surface area contributed by atoms with E-state index in [1.54, 1.807) is 12.2 Å². The van der Waals surface area contributed by atoms with Gasteiger partial charge in [0, 0.05) is 16.8 Å². The van der Waals surface area contributed by atoms with Gasteiger partial charge in [0.2, 0.25) is 5.91 Å². The van der Waals surface area contributed by atoms with Crippen LogP contribution in [0, 0.1) is 17.7 Å². The van der Waals surface area contributed by atoms with E-state index in [-0.39, 0.29) is 24.4 Å². The lowest BCUT2D eigenvalue weighted by atomic mass is 10.1. The normalized spacial score (nSPS) is 10.8. The van der Waals surface area contributed by atoms with Crippen LogP contribution in [0.3, 0.4) is 0 Å². The Morgan fingerprint density at radius 3 is 2.18 bits per heavy atom. The van der Waals surface area contributed by atoms with Crippen LogP contribution in [-0.4, -0.2) is 19.0 Å². The summed E-state index contributed by atoms with van der Waals surface area (Å²) in [6, 6.07) is 19.8. The van der Waals surface area contributed by atoms with E-state index in [4.69, 9.17) is 0 Å². The molecule has 0 aromatic heterocycles. The molecule has 200 valence electrons. The second-order valence-electron chi connectivity index (χ2n) is 8.95. The summed E-state index contributed by atoms with van der Waals surface area (Å²) in [6.45, 7) is 6.02. The van der Waals surface area contributed by atoms with Gasteiger partial charge in [0.1, 0.15) is 5.82 Å². The van der Waals surface area contributed by atoms with Crippen LogP contribution in [0.5, 0.6) is 0 Å². The summed E-state index contributed by atoms with van der Waals surface area (Å²) >= 11 is 4.35. The Morgan fingerprint density at radius 2 is 1.62 bits per heavy atom. The molecule has 0 fully saturated rings. The van der Waals surface area contributed by atoms with Gasteiger partial charge >= 0.3 is 5.97 Å². The van der Waals surface area contributed by atoms with E-state index < -0.39 is 11.8 Å². The van der Waals surface area contributed by atoms with Crippen LogP contribution in [0.2, 0.25) is 0 Å². The number of carbonyl (C=O) groups is 2. The first-order valence-corrected chi connectivity index (χ1v) is 13.2. The molecule has 3 aromatic carbocycles. The Balaban J connectivity index is 1.82. The first kappa shape index (κ1) is 29.5. The van der Waals surface area contributed by atoms with Gasteiger partial charge in [-0.2, -0.15) is 0 Å². The Morgan fingerprint density at radius 1 is 1.00 bits per heavy atom. The summed E-state index contributed by atoms with van der Waals surface area (Å²) in [6.07, 6.45) is 6.62. The third-order valence-corrected chi connectivity index (χ3v) is 6.34. The zero-order chi connectivity index (χ0) is 28.2. The number of hydrogen-bond donors (Lipinski definition) is 1. The van der Waals surface area contributed by atoms with Crippen molar-refractivity contribution in [2.24, 2.45) is 0 Å². The fraction of sp³-hybridized carbons (Fsp3) is 0.212. The molecule has 4 nitrogen and oxygen atoms in total. The van der Waals surface area contributed by atoms with E-state index in [0.717, 1.165) is 29.2 Å². The number of allylic oxidation sites excluding steroid dienone is 2. The molecule has 0 N–H and O–H groups in total. The van der Waals surface area contributed by atoms with Gasteiger partial charge in [-0.25, -0.2) is 9.18 Å². The minimum absolute atomic E-state index is 0.0147. The number of methoxy groups -OCH3 is 1. The van der Waals surface area contributed by atoms with Gasteiger partial charge in [0.15, 0.2) is 0 Å². The van der Waals surface area contributed by atoms with Crippen molar-refractivity contribution in [2.45, 2.75) is 39.2 Å². The maximum atomic E-state index is 14.3. The summed E-state index contributed by atoms with van der Waals surface area (Å²) in [4.78, 5) is 27.3. The fourth-order valence-corrected chi connectivity index (χ4v) is 4.11. The molecule has 0 saturated carbocycles. The molecule has 3 rings (SSSR count). The van der Waals surface area contributed by atoms with Crippen molar-refractivity contribution in [3.63, 3.8) is 0 Å². The number of aryl methyl sites for hydroxylation is 1. The molecule has 3 aromatic rings. The first-order valence-electron chi connectivity index (χ1n) is 12.7. The SMILES string of the molecule is C=C/C=C(\S)CC(=O)N(Cc1ccc(C#Cc2ccc(CCCC)cc2)cc1)c1ccc(F)c(C(=O)OC)c1. The molecule has 0 radical (unpaired) electrons. The van der Waals surface area contributed by atoms with Crippen LogP contribution in [0.4, 0.5) is 10.1 Å². The quantitative estimate of drug-likeness (QED) is 0.127. The molecule has 0 spiro atoms. The Kier molecular flexibility index (Phi) is 11.1. The van der Waals surface area contributed by atoms with Crippen LogP contribution >= 0.6 is 12.6 Å². The number of ether oxygens (including phenoxy) is 1. The second-order valence-corrected chi connectivity index (χ2v) is 9.53. The van der Waals surface area contributed by atoms with Crippen LogP contribution in [0.1, 0.15) is 58.8 Å². The molecule has 39 heavy (non-hydrogen) atoms. The number of carbonyl (C=O) groups excluding carboxylic acids is 2. The van der Waals surface area contributed by atoms with Gasteiger partial charge in [-0.05, 0) is 71.3 Å². The van der Waals surface area contributed by atoms with Crippen molar-refractivity contribution in [3.05, 3.63) is 124 Å². The first-order chi connectivity index (χ1) is 18.8. The fourth-order valence-electron chi connectivity index (χ4n) is 3.87. The average molecular weight is 542 g/mol. The van der Waals surface area contributed by atoms with Crippen molar-refractivity contribution < 1.29 is 18.7 Å². The molecule has 0 unspecified atom stereocenters. The maximum Gasteiger partial charge on any atom is 0.340 e. The van der Waals surface area contributed by atoms with Crippen LogP contribution in [-0.2, 0) is 22.5 Å². The van der Waals surface area contributed by atoms with Crippen molar-refractivity contribution in [1.82, 2.24) is 0 Å². The third kappa shape index (κ3) is 8.73. The van der Waals surface area contributed by atoms with Gasteiger partial charge in [-0.1, -0.05) is 68.2 Å². The van der Waals surface area contributed by atoms with E-state index in [9.17, 15) is 14.0 Å². The Hall–Kier alpha value is -4.08. The lowest BCUT2D eigenvalue weighted by Gasteiger charge is -2.24.